The highest BCUT2D eigenvalue weighted by molar-refractivity contribution is 6.05. The van der Waals surface area contributed by atoms with Crippen molar-refractivity contribution in [1.29, 1.82) is 0 Å². The van der Waals surface area contributed by atoms with Crippen molar-refractivity contribution >= 4 is 29.3 Å². The molecule has 0 aliphatic heterocycles. The molecule has 2 aromatic carbocycles. The molecule has 0 bridgehead atoms. The first-order valence-electron chi connectivity index (χ1n) is 8.53. The molecular weight excluding hydrogens is 340 g/mol. The molecule has 0 saturated carbocycles. The number of furan rings is 1. The van der Waals surface area contributed by atoms with Crippen LogP contribution in [-0.4, -0.2) is 11.8 Å². The summed E-state index contributed by atoms with van der Waals surface area (Å²) in [4.78, 5) is 24.3. The largest absolute Gasteiger partial charge is 0.465 e. The zero-order chi connectivity index (χ0) is 19.2. The van der Waals surface area contributed by atoms with Gasteiger partial charge in [0.2, 0.25) is 5.91 Å². The molecule has 3 aromatic rings. The van der Waals surface area contributed by atoms with Crippen molar-refractivity contribution in [3.05, 3.63) is 89.4 Å². The summed E-state index contributed by atoms with van der Waals surface area (Å²) in [6.07, 6.45) is 4.51. The summed E-state index contributed by atoms with van der Waals surface area (Å²) in [6, 6.07) is 16.0. The van der Waals surface area contributed by atoms with Crippen molar-refractivity contribution < 1.29 is 14.0 Å². The van der Waals surface area contributed by atoms with E-state index in [0.29, 0.717) is 17.0 Å². The Hall–Kier alpha value is -3.60. The van der Waals surface area contributed by atoms with E-state index in [-0.39, 0.29) is 11.8 Å². The van der Waals surface area contributed by atoms with Gasteiger partial charge in [0.25, 0.3) is 5.91 Å². The van der Waals surface area contributed by atoms with E-state index in [1.54, 1.807) is 48.7 Å². The monoisotopic (exact) mass is 360 g/mol. The minimum atomic E-state index is -0.279. The molecule has 1 heterocycles. The van der Waals surface area contributed by atoms with Crippen molar-refractivity contribution in [2.75, 3.05) is 10.6 Å². The number of carbonyl (C=O) groups is 2. The Balaban J connectivity index is 1.61. The lowest BCUT2D eigenvalue weighted by Gasteiger charge is -2.10. The first kappa shape index (κ1) is 18.2. The summed E-state index contributed by atoms with van der Waals surface area (Å²) in [5, 5.41) is 5.65. The number of amides is 2. The Morgan fingerprint density at radius 3 is 2.41 bits per heavy atom. The molecule has 2 N–H and O–H groups in total. The molecule has 27 heavy (non-hydrogen) atoms. The van der Waals surface area contributed by atoms with Gasteiger partial charge in [-0.3, -0.25) is 9.59 Å². The first-order chi connectivity index (χ1) is 13.0. The van der Waals surface area contributed by atoms with E-state index in [4.69, 9.17) is 4.42 Å². The van der Waals surface area contributed by atoms with E-state index < -0.39 is 0 Å². The lowest BCUT2D eigenvalue weighted by molar-refractivity contribution is -0.111. The second-order valence-corrected chi connectivity index (χ2v) is 6.12. The molecule has 0 spiro atoms. The Morgan fingerprint density at radius 2 is 1.70 bits per heavy atom. The van der Waals surface area contributed by atoms with Crippen LogP contribution < -0.4 is 10.6 Å². The van der Waals surface area contributed by atoms with Crippen LogP contribution in [0.25, 0.3) is 6.08 Å². The molecule has 0 aliphatic rings. The Labute approximate surface area is 157 Å². The van der Waals surface area contributed by atoms with Gasteiger partial charge in [0.15, 0.2) is 0 Å². The van der Waals surface area contributed by atoms with Gasteiger partial charge in [0, 0.05) is 23.0 Å². The fourth-order valence-corrected chi connectivity index (χ4v) is 2.51. The van der Waals surface area contributed by atoms with Crippen molar-refractivity contribution in [2.45, 2.75) is 13.8 Å². The maximum Gasteiger partial charge on any atom is 0.255 e. The van der Waals surface area contributed by atoms with Gasteiger partial charge < -0.3 is 15.1 Å². The molecule has 0 radical (unpaired) electrons. The average Bonchev–Trinajstić information content (AvgIpc) is 3.18. The van der Waals surface area contributed by atoms with Crippen molar-refractivity contribution in [2.24, 2.45) is 0 Å². The SMILES string of the molecule is Cc1cccc(NC(=O)c2ccc(NC(=O)/C=C/c3ccco3)cc2)c1C. The van der Waals surface area contributed by atoms with Gasteiger partial charge in [-0.1, -0.05) is 12.1 Å². The molecule has 3 rings (SSSR count). The van der Waals surface area contributed by atoms with Crippen LogP contribution in [0, 0.1) is 13.8 Å². The van der Waals surface area contributed by atoms with E-state index in [2.05, 4.69) is 10.6 Å². The van der Waals surface area contributed by atoms with Crippen LogP contribution in [-0.2, 0) is 4.79 Å². The molecule has 0 unspecified atom stereocenters. The highest BCUT2D eigenvalue weighted by atomic mass is 16.3. The normalized spacial score (nSPS) is 10.7. The maximum absolute atomic E-state index is 12.4. The second-order valence-electron chi connectivity index (χ2n) is 6.12. The molecule has 5 heteroatoms. The minimum Gasteiger partial charge on any atom is -0.465 e. The Bertz CT molecular complexity index is 971. The predicted octanol–water partition coefficient (Wildman–Crippen LogP) is 4.80. The van der Waals surface area contributed by atoms with Crippen molar-refractivity contribution in [1.82, 2.24) is 0 Å². The van der Waals surface area contributed by atoms with E-state index >= 15 is 0 Å². The number of aryl methyl sites for hydroxylation is 1. The van der Waals surface area contributed by atoms with Crippen LogP contribution in [0.1, 0.15) is 27.2 Å². The molecule has 1 aromatic heterocycles. The van der Waals surface area contributed by atoms with Crippen LogP contribution in [0.2, 0.25) is 0 Å². The fraction of sp³-hybridized carbons (Fsp3) is 0.0909. The van der Waals surface area contributed by atoms with Crippen LogP contribution in [0.5, 0.6) is 0 Å². The summed E-state index contributed by atoms with van der Waals surface area (Å²) >= 11 is 0. The summed E-state index contributed by atoms with van der Waals surface area (Å²) in [5.41, 5.74) is 4.07. The fourth-order valence-electron chi connectivity index (χ4n) is 2.51. The van der Waals surface area contributed by atoms with Gasteiger partial charge in [-0.2, -0.15) is 0 Å². The quantitative estimate of drug-likeness (QED) is 0.642. The van der Waals surface area contributed by atoms with Gasteiger partial charge in [0.05, 0.1) is 6.26 Å². The second kappa shape index (κ2) is 8.19. The molecule has 0 aliphatic carbocycles. The number of carbonyl (C=O) groups excluding carboxylic acids is 2. The third kappa shape index (κ3) is 4.73. The van der Waals surface area contributed by atoms with Gasteiger partial charge in [-0.15, -0.1) is 0 Å². The van der Waals surface area contributed by atoms with E-state index in [0.717, 1.165) is 16.8 Å². The zero-order valence-corrected chi connectivity index (χ0v) is 15.2. The van der Waals surface area contributed by atoms with Gasteiger partial charge in [-0.05, 0) is 73.5 Å². The average molecular weight is 360 g/mol. The first-order valence-corrected chi connectivity index (χ1v) is 8.53. The predicted molar refractivity (Wildman–Crippen MR) is 107 cm³/mol. The highest BCUT2D eigenvalue weighted by Gasteiger charge is 2.09. The molecule has 0 fully saturated rings. The summed E-state index contributed by atoms with van der Waals surface area (Å²) in [5.74, 6) is 0.127. The smallest absolute Gasteiger partial charge is 0.255 e. The molecule has 0 saturated heterocycles. The van der Waals surface area contributed by atoms with Crippen LogP contribution in [0.15, 0.2) is 71.4 Å². The number of benzene rings is 2. The summed E-state index contributed by atoms with van der Waals surface area (Å²) in [6.45, 7) is 3.97. The molecule has 136 valence electrons. The van der Waals surface area contributed by atoms with Crippen molar-refractivity contribution in [3.63, 3.8) is 0 Å². The molecule has 5 nitrogen and oxygen atoms in total. The molecular formula is C22H20N2O3. The van der Waals surface area contributed by atoms with E-state index in [1.807, 2.05) is 32.0 Å². The minimum absolute atomic E-state index is 0.195. The molecule has 0 atom stereocenters. The lowest BCUT2D eigenvalue weighted by Crippen LogP contribution is -2.13. The third-order valence-corrected chi connectivity index (χ3v) is 4.21. The Kier molecular flexibility index (Phi) is 5.52. The maximum atomic E-state index is 12.4. The Morgan fingerprint density at radius 1 is 0.926 bits per heavy atom. The van der Waals surface area contributed by atoms with Gasteiger partial charge in [0.1, 0.15) is 5.76 Å². The number of rotatable bonds is 5. The number of hydrogen-bond acceptors (Lipinski definition) is 3. The zero-order valence-electron chi connectivity index (χ0n) is 15.2. The van der Waals surface area contributed by atoms with Crippen LogP contribution >= 0.6 is 0 Å². The third-order valence-electron chi connectivity index (χ3n) is 4.21. The van der Waals surface area contributed by atoms with Crippen molar-refractivity contribution in [3.8, 4) is 0 Å². The number of hydrogen-bond donors (Lipinski definition) is 2. The van der Waals surface area contributed by atoms with Gasteiger partial charge >= 0.3 is 0 Å². The highest BCUT2D eigenvalue weighted by Crippen LogP contribution is 2.19. The topological polar surface area (TPSA) is 71.3 Å². The summed E-state index contributed by atoms with van der Waals surface area (Å²) < 4.78 is 5.13. The standard InChI is InChI=1S/C22H20N2O3/c1-15-5-3-7-20(16(15)2)24-22(26)17-8-10-18(11-9-17)23-21(25)13-12-19-6-4-14-27-19/h3-14H,1-2H3,(H,23,25)(H,24,26)/b13-12+. The summed E-state index contributed by atoms with van der Waals surface area (Å²) in [7, 11) is 0. The van der Waals surface area contributed by atoms with E-state index in [1.165, 1.54) is 6.08 Å². The van der Waals surface area contributed by atoms with Gasteiger partial charge in [-0.25, -0.2) is 0 Å². The van der Waals surface area contributed by atoms with Crippen LogP contribution in [0.4, 0.5) is 11.4 Å². The molecule has 2 amide bonds. The van der Waals surface area contributed by atoms with Crippen LogP contribution in [0.3, 0.4) is 0 Å². The van der Waals surface area contributed by atoms with E-state index in [9.17, 15) is 9.59 Å². The number of nitrogens with one attached hydrogen (secondary N) is 2. The lowest BCUT2D eigenvalue weighted by atomic mass is 10.1. The number of anilines is 2.